The highest BCUT2D eigenvalue weighted by atomic mass is 32.2. The highest BCUT2D eigenvalue weighted by Crippen LogP contribution is 2.19. The lowest BCUT2D eigenvalue weighted by Crippen LogP contribution is -2.44. The van der Waals surface area contributed by atoms with E-state index in [9.17, 15) is 8.42 Å². The molecular formula is C13H20N2O2S. The van der Waals surface area contributed by atoms with Gasteiger partial charge in [-0.25, -0.2) is 8.42 Å². The Morgan fingerprint density at radius 3 is 2.11 bits per heavy atom. The largest absolute Gasteiger partial charge is 0.369 e. The molecule has 1 heterocycles. The zero-order valence-corrected chi connectivity index (χ0v) is 11.8. The smallest absolute Gasteiger partial charge is 0.178 e. The summed E-state index contributed by atoms with van der Waals surface area (Å²) < 4.78 is 23.4. The normalized spacial score (nSPS) is 18.0. The summed E-state index contributed by atoms with van der Waals surface area (Å²) in [6.45, 7) is 5.76. The Hall–Kier alpha value is -1.07. The molecule has 0 bridgehead atoms. The zero-order chi connectivity index (χ0) is 13.2. The molecule has 2 rings (SSSR count). The summed E-state index contributed by atoms with van der Waals surface area (Å²) in [6, 6.07) is 7.25. The summed E-state index contributed by atoms with van der Waals surface area (Å²) in [7, 11) is -0.962. The van der Waals surface area contributed by atoms with Gasteiger partial charge in [0.05, 0.1) is 10.6 Å². The monoisotopic (exact) mass is 268 g/mol. The van der Waals surface area contributed by atoms with Crippen LogP contribution in [-0.4, -0.2) is 52.3 Å². The summed E-state index contributed by atoms with van der Waals surface area (Å²) >= 11 is 0. The number of piperazine rings is 1. The second-order valence-corrected chi connectivity index (χ2v) is 6.97. The highest BCUT2D eigenvalue weighted by molar-refractivity contribution is 7.91. The lowest BCUT2D eigenvalue weighted by atomic mass is 10.2. The second-order valence-electron chi connectivity index (χ2n) is 4.69. The molecule has 1 fully saturated rings. The fraction of sp³-hybridized carbons (Fsp3) is 0.538. The molecular weight excluding hydrogens is 248 g/mol. The van der Waals surface area contributed by atoms with E-state index in [0.717, 1.165) is 31.9 Å². The maximum atomic E-state index is 11.7. The van der Waals surface area contributed by atoms with Gasteiger partial charge >= 0.3 is 0 Å². The minimum Gasteiger partial charge on any atom is -0.369 e. The maximum Gasteiger partial charge on any atom is 0.178 e. The van der Waals surface area contributed by atoms with Crippen LogP contribution in [-0.2, 0) is 9.84 Å². The predicted molar refractivity (Wildman–Crippen MR) is 73.9 cm³/mol. The number of anilines is 1. The van der Waals surface area contributed by atoms with E-state index in [1.165, 1.54) is 0 Å². The van der Waals surface area contributed by atoms with Crippen molar-refractivity contribution in [2.75, 3.05) is 43.9 Å². The Kier molecular flexibility index (Phi) is 3.92. The number of sulfone groups is 1. The van der Waals surface area contributed by atoms with Crippen LogP contribution in [0.25, 0.3) is 0 Å². The highest BCUT2D eigenvalue weighted by Gasteiger charge is 2.15. The molecule has 5 heteroatoms. The van der Waals surface area contributed by atoms with Crippen molar-refractivity contribution in [3.8, 4) is 0 Å². The van der Waals surface area contributed by atoms with Gasteiger partial charge in [0.2, 0.25) is 0 Å². The predicted octanol–water partition coefficient (Wildman–Crippen LogP) is 1.23. The molecule has 1 aromatic carbocycles. The van der Waals surface area contributed by atoms with Crippen molar-refractivity contribution in [1.29, 1.82) is 0 Å². The van der Waals surface area contributed by atoms with Crippen molar-refractivity contribution < 1.29 is 8.42 Å². The van der Waals surface area contributed by atoms with E-state index in [0.29, 0.717) is 4.90 Å². The molecule has 1 saturated heterocycles. The van der Waals surface area contributed by atoms with Gasteiger partial charge in [0.25, 0.3) is 0 Å². The van der Waals surface area contributed by atoms with Gasteiger partial charge in [-0.15, -0.1) is 0 Å². The van der Waals surface area contributed by atoms with E-state index in [1.807, 2.05) is 12.1 Å². The first-order chi connectivity index (χ1) is 8.53. The van der Waals surface area contributed by atoms with Crippen molar-refractivity contribution in [3.05, 3.63) is 24.3 Å². The van der Waals surface area contributed by atoms with Crippen LogP contribution in [0.3, 0.4) is 0 Å². The van der Waals surface area contributed by atoms with Crippen LogP contribution in [0.15, 0.2) is 29.2 Å². The van der Waals surface area contributed by atoms with E-state index in [-0.39, 0.29) is 5.75 Å². The van der Waals surface area contributed by atoms with Gasteiger partial charge in [0.1, 0.15) is 0 Å². The molecule has 0 atom stereocenters. The van der Waals surface area contributed by atoms with E-state index < -0.39 is 9.84 Å². The lowest BCUT2D eigenvalue weighted by molar-refractivity contribution is 0.313. The quantitative estimate of drug-likeness (QED) is 0.827. The molecule has 100 valence electrons. The van der Waals surface area contributed by atoms with Crippen LogP contribution < -0.4 is 4.90 Å². The van der Waals surface area contributed by atoms with Gasteiger partial charge in [-0.05, 0) is 31.3 Å². The standard InChI is InChI=1S/C13H20N2O2S/c1-3-18(16,17)13-6-4-12(5-7-13)15-10-8-14(2)9-11-15/h4-7H,3,8-11H2,1-2H3. The van der Waals surface area contributed by atoms with Gasteiger partial charge in [-0.3, -0.25) is 0 Å². The average molecular weight is 268 g/mol. The Balaban J connectivity index is 2.13. The SMILES string of the molecule is CCS(=O)(=O)c1ccc(N2CCN(C)CC2)cc1. The van der Waals surface area contributed by atoms with Gasteiger partial charge < -0.3 is 9.80 Å². The topological polar surface area (TPSA) is 40.6 Å². The summed E-state index contributed by atoms with van der Waals surface area (Å²) in [5.41, 5.74) is 1.11. The van der Waals surface area contributed by atoms with Crippen LogP contribution in [0, 0.1) is 0 Å². The molecule has 1 aliphatic rings. The average Bonchev–Trinajstić information content (AvgIpc) is 2.40. The zero-order valence-electron chi connectivity index (χ0n) is 11.0. The molecule has 0 spiro atoms. The summed E-state index contributed by atoms with van der Waals surface area (Å²) in [4.78, 5) is 5.01. The van der Waals surface area contributed by atoms with E-state index in [2.05, 4.69) is 16.8 Å². The van der Waals surface area contributed by atoms with Gasteiger partial charge in [-0.1, -0.05) is 6.92 Å². The molecule has 1 aromatic rings. The van der Waals surface area contributed by atoms with Crippen molar-refractivity contribution in [2.45, 2.75) is 11.8 Å². The third-order valence-electron chi connectivity index (χ3n) is 3.44. The number of nitrogens with zero attached hydrogens (tertiary/aromatic N) is 2. The maximum absolute atomic E-state index is 11.7. The Morgan fingerprint density at radius 2 is 1.61 bits per heavy atom. The van der Waals surface area contributed by atoms with Gasteiger partial charge in [0.15, 0.2) is 9.84 Å². The molecule has 1 aliphatic heterocycles. The molecule has 0 aliphatic carbocycles. The second kappa shape index (κ2) is 5.28. The number of rotatable bonds is 3. The molecule has 0 radical (unpaired) electrons. The van der Waals surface area contributed by atoms with E-state index in [1.54, 1.807) is 19.1 Å². The van der Waals surface area contributed by atoms with Crippen molar-refractivity contribution in [1.82, 2.24) is 4.90 Å². The summed E-state index contributed by atoms with van der Waals surface area (Å²) in [6.07, 6.45) is 0. The molecule has 0 N–H and O–H groups in total. The minimum atomic E-state index is -3.08. The van der Waals surface area contributed by atoms with E-state index in [4.69, 9.17) is 0 Å². The van der Waals surface area contributed by atoms with Crippen LogP contribution in [0.4, 0.5) is 5.69 Å². The van der Waals surface area contributed by atoms with Crippen molar-refractivity contribution >= 4 is 15.5 Å². The molecule has 0 unspecified atom stereocenters. The third kappa shape index (κ3) is 2.84. The first kappa shape index (κ1) is 13.4. The number of benzene rings is 1. The Bertz CT molecular complexity index is 488. The van der Waals surface area contributed by atoms with Crippen LogP contribution in [0.2, 0.25) is 0 Å². The Morgan fingerprint density at radius 1 is 1.06 bits per heavy atom. The fourth-order valence-electron chi connectivity index (χ4n) is 2.10. The molecule has 18 heavy (non-hydrogen) atoms. The van der Waals surface area contributed by atoms with Crippen molar-refractivity contribution in [2.24, 2.45) is 0 Å². The third-order valence-corrected chi connectivity index (χ3v) is 5.19. The fourth-order valence-corrected chi connectivity index (χ4v) is 2.98. The van der Waals surface area contributed by atoms with Crippen LogP contribution in [0.5, 0.6) is 0 Å². The van der Waals surface area contributed by atoms with Crippen molar-refractivity contribution in [3.63, 3.8) is 0 Å². The summed E-state index contributed by atoms with van der Waals surface area (Å²) in [5, 5.41) is 0. The van der Waals surface area contributed by atoms with Crippen LogP contribution >= 0.6 is 0 Å². The van der Waals surface area contributed by atoms with Gasteiger partial charge in [-0.2, -0.15) is 0 Å². The molecule has 4 nitrogen and oxygen atoms in total. The number of hydrogen-bond acceptors (Lipinski definition) is 4. The number of hydrogen-bond donors (Lipinski definition) is 0. The first-order valence-corrected chi connectivity index (χ1v) is 7.94. The molecule has 0 aromatic heterocycles. The van der Waals surface area contributed by atoms with E-state index >= 15 is 0 Å². The van der Waals surface area contributed by atoms with Crippen LogP contribution in [0.1, 0.15) is 6.92 Å². The summed E-state index contributed by atoms with van der Waals surface area (Å²) in [5.74, 6) is 0.154. The van der Waals surface area contributed by atoms with Gasteiger partial charge in [0, 0.05) is 31.9 Å². The molecule has 0 amide bonds. The first-order valence-electron chi connectivity index (χ1n) is 6.29. The lowest BCUT2D eigenvalue weighted by Gasteiger charge is -2.34. The number of likely N-dealkylation sites (N-methyl/N-ethyl adjacent to an activating group) is 1. The minimum absolute atomic E-state index is 0.154. The molecule has 0 saturated carbocycles. The Labute approximate surface area is 109 Å².